The van der Waals surface area contributed by atoms with E-state index < -0.39 is 5.97 Å². The number of nitrogens with zero attached hydrogens (tertiary/aromatic N) is 3. The number of hydrogen-bond acceptors (Lipinski definition) is 3. The van der Waals surface area contributed by atoms with Crippen LogP contribution in [0.2, 0.25) is 0 Å². The van der Waals surface area contributed by atoms with Crippen LogP contribution in [0, 0.1) is 5.41 Å². The molecule has 104 valence electrons. The van der Waals surface area contributed by atoms with Gasteiger partial charge in [-0.25, -0.2) is 9.48 Å². The molecule has 1 aromatic rings. The average molecular weight is 265 g/mol. The zero-order valence-corrected chi connectivity index (χ0v) is 11.7. The van der Waals surface area contributed by atoms with Crippen molar-refractivity contribution in [3.8, 4) is 0 Å². The Labute approximate surface area is 112 Å². The lowest BCUT2D eigenvalue weighted by Crippen LogP contribution is -2.42. The summed E-state index contributed by atoms with van der Waals surface area (Å²) in [6.07, 6.45) is 2.11. The zero-order valence-electron chi connectivity index (χ0n) is 11.7. The minimum absolute atomic E-state index is 0.0422. The molecule has 6 nitrogen and oxygen atoms in total. The highest BCUT2D eigenvalue weighted by molar-refractivity contribution is 6.00. The first-order valence-corrected chi connectivity index (χ1v) is 6.32. The predicted octanol–water partition coefficient (Wildman–Crippen LogP) is 1.93. The molecule has 1 aliphatic rings. The molecule has 1 aliphatic heterocycles. The van der Waals surface area contributed by atoms with Gasteiger partial charge in [0.2, 0.25) is 5.91 Å². The number of carboxylic acid groups (broad SMARTS) is 1. The third kappa shape index (κ3) is 2.22. The van der Waals surface area contributed by atoms with Crippen molar-refractivity contribution >= 4 is 17.7 Å². The van der Waals surface area contributed by atoms with Crippen molar-refractivity contribution in [2.75, 3.05) is 11.4 Å². The van der Waals surface area contributed by atoms with E-state index in [0.717, 1.165) is 6.42 Å². The molecular formula is C13H19N3O3. The normalized spacial score (nSPS) is 19.2. The molecule has 6 heteroatoms. The lowest BCUT2D eigenvalue weighted by molar-refractivity contribution is -0.116. The minimum atomic E-state index is -1.05. The van der Waals surface area contributed by atoms with Gasteiger partial charge in [0.25, 0.3) is 0 Å². The summed E-state index contributed by atoms with van der Waals surface area (Å²) in [5, 5.41) is 13.4. The van der Waals surface area contributed by atoms with Crippen LogP contribution in [0.15, 0.2) is 6.20 Å². The van der Waals surface area contributed by atoms with Gasteiger partial charge in [-0.3, -0.25) is 9.69 Å². The van der Waals surface area contributed by atoms with E-state index in [2.05, 4.69) is 25.9 Å². The van der Waals surface area contributed by atoms with Crippen LogP contribution in [0.1, 0.15) is 50.5 Å². The van der Waals surface area contributed by atoms with Crippen molar-refractivity contribution < 1.29 is 14.7 Å². The Morgan fingerprint density at radius 2 is 2.05 bits per heavy atom. The van der Waals surface area contributed by atoms with Crippen molar-refractivity contribution in [1.29, 1.82) is 0 Å². The second-order valence-electron chi connectivity index (χ2n) is 5.97. The second kappa shape index (κ2) is 4.36. The lowest BCUT2D eigenvalue weighted by atomic mass is 9.84. The molecule has 0 aliphatic carbocycles. The summed E-state index contributed by atoms with van der Waals surface area (Å²) in [4.78, 5) is 24.4. The molecule has 0 radical (unpaired) electrons. The standard InChI is InChI=1S/C13H19N3O3/c1-8(17)15-6-5-10(13(2,3)4)16-11(15)9(7-14-16)12(18)19/h7,10H,5-6H2,1-4H3,(H,18,19). The molecule has 0 fully saturated rings. The molecule has 0 saturated carbocycles. The summed E-state index contributed by atoms with van der Waals surface area (Å²) in [7, 11) is 0. The van der Waals surface area contributed by atoms with Crippen molar-refractivity contribution in [1.82, 2.24) is 9.78 Å². The summed E-state index contributed by atoms with van der Waals surface area (Å²) in [6, 6.07) is 0.0891. The Balaban J connectivity index is 2.58. The third-order valence-electron chi connectivity index (χ3n) is 3.56. The lowest BCUT2D eigenvalue weighted by Gasteiger charge is -2.39. The van der Waals surface area contributed by atoms with Crippen LogP contribution in [0.5, 0.6) is 0 Å². The second-order valence-corrected chi connectivity index (χ2v) is 5.97. The maximum Gasteiger partial charge on any atom is 0.341 e. The topological polar surface area (TPSA) is 75.4 Å². The Bertz CT molecular complexity index is 528. The number of carbonyl (C=O) groups is 2. The van der Waals surface area contributed by atoms with E-state index in [1.807, 2.05) is 0 Å². The van der Waals surface area contributed by atoms with Gasteiger partial charge in [0.05, 0.1) is 12.2 Å². The summed E-state index contributed by atoms with van der Waals surface area (Å²) in [5.41, 5.74) is 0.0449. The van der Waals surface area contributed by atoms with Gasteiger partial charge in [0.1, 0.15) is 11.4 Å². The Morgan fingerprint density at radius 3 is 2.53 bits per heavy atom. The van der Waals surface area contributed by atoms with Crippen LogP contribution in [0.4, 0.5) is 5.82 Å². The number of aromatic nitrogens is 2. The summed E-state index contributed by atoms with van der Waals surface area (Å²) >= 11 is 0. The number of fused-ring (bicyclic) bond motifs is 1. The highest BCUT2D eigenvalue weighted by Gasteiger charge is 2.37. The van der Waals surface area contributed by atoms with Crippen molar-refractivity contribution in [3.05, 3.63) is 11.8 Å². The first kappa shape index (κ1) is 13.6. The van der Waals surface area contributed by atoms with Gasteiger partial charge in [0, 0.05) is 13.5 Å². The third-order valence-corrected chi connectivity index (χ3v) is 3.56. The first-order valence-electron chi connectivity index (χ1n) is 6.32. The number of carbonyl (C=O) groups excluding carboxylic acids is 1. The number of anilines is 1. The van der Waals surface area contributed by atoms with E-state index in [1.165, 1.54) is 18.0 Å². The number of aromatic carboxylic acids is 1. The molecule has 1 atom stereocenters. The van der Waals surface area contributed by atoms with E-state index in [-0.39, 0.29) is 22.9 Å². The molecule has 0 bridgehead atoms. The van der Waals surface area contributed by atoms with Gasteiger partial charge < -0.3 is 5.11 Å². The Hall–Kier alpha value is -1.85. The van der Waals surface area contributed by atoms with Crippen LogP contribution >= 0.6 is 0 Å². The fraction of sp³-hybridized carbons (Fsp3) is 0.615. The molecule has 1 N–H and O–H groups in total. The van der Waals surface area contributed by atoms with E-state index in [9.17, 15) is 14.7 Å². The Morgan fingerprint density at radius 1 is 1.42 bits per heavy atom. The Kier molecular flexibility index (Phi) is 3.12. The van der Waals surface area contributed by atoms with Gasteiger partial charge >= 0.3 is 5.97 Å². The van der Waals surface area contributed by atoms with Crippen molar-refractivity contribution in [2.24, 2.45) is 5.41 Å². The number of rotatable bonds is 1. The fourth-order valence-corrected chi connectivity index (χ4v) is 2.59. The zero-order chi connectivity index (χ0) is 14.4. The largest absolute Gasteiger partial charge is 0.477 e. The van der Waals surface area contributed by atoms with Gasteiger partial charge in [-0.1, -0.05) is 20.8 Å². The molecule has 0 saturated heterocycles. The fourth-order valence-electron chi connectivity index (χ4n) is 2.59. The molecule has 0 spiro atoms. The van der Waals surface area contributed by atoms with E-state index in [0.29, 0.717) is 12.4 Å². The van der Waals surface area contributed by atoms with Crippen LogP contribution in [-0.4, -0.2) is 33.3 Å². The molecule has 1 amide bonds. The first-order chi connectivity index (χ1) is 8.73. The molecule has 0 aromatic carbocycles. The van der Waals surface area contributed by atoms with E-state index >= 15 is 0 Å². The number of amides is 1. The molecular weight excluding hydrogens is 246 g/mol. The maximum atomic E-state index is 11.7. The van der Waals surface area contributed by atoms with Crippen LogP contribution in [-0.2, 0) is 4.79 Å². The molecule has 2 heterocycles. The molecule has 1 unspecified atom stereocenters. The monoisotopic (exact) mass is 265 g/mol. The number of carboxylic acids is 1. The number of hydrogen-bond donors (Lipinski definition) is 1. The SMILES string of the molecule is CC(=O)N1CCC(C(C)(C)C)n2ncc(C(=O)O)c21. The molecule has 19 heavy (non-hydrogen) atoms. The van der Waals surface area contributed by atoms with Crippen molar-refractivity contribution in [3.63, 3.8) is 0 Å². The highest BCUT2D eigenvalue weighted by Crippen LogP contribution is 2.40. The minimum Gasteiger partial charge on any atom is -0.477 e. The summed E-state index contributed by atoms with van der Waals surface area (Å²) < 4.78 is 1.69. The van der Waals surface area contributed by atoms with Gasteiger partial charge in [-0.2, -0.15) is 5.10 Å². The van der Waals surface area contributed by atoms with Crippen LogP contribution in [0.25, 0.3) is 0 Å². The highest BCUT2D eigenvalue weighted by atomic mass is 16.4. The maximum absolute atomic E-state index is 11.7. The quantitative estimate of drug-likeness (QED) is 0.841. The summed E-state index contributed by atoms with van der Waals surface area (Å²) in [6.45, 7) is 8.25. The van der Waals surface area contributed by atoms with Gasteiger partial charge in [-0.15, -0.1) is 0 Å². The van der Waals surface area contributed by atoms with Gasteiger partial charge in [-0.05, 0) is 11.8 Å². The van der Waals surface area contributed by atoms with Crippen molar-refractivity contribution in [2.45, 2.75) is 40.2 Å². The van der Waals surface area contributed by atoms with E-state index in [1.54, 1.807) is 4.68 Å². The summed E-state index contributed by atoms with van der Waals surface area (Å²) in [5.74, 6) is -0.801. The van der Waals surface area contributed by atoms with Crippen LogP contribution < -0.4 is 4.90 Å². The smallest absolute Gasteiger partial charge is 0.341 e. The van der Waals surface area contributed by atoms with Crippen LogP contribution in [0.3, 0.4) is 0 Å². The van der Waals surface area contributed by atoms with Gasteiger partial charge in [0.15, 0.2) is 0 Å². The van der Waals surface area contributed by atoms with E-state index in [4.69, 9.17) is 0 Å². The molecule has 1 aromatic heterocycles. The predicted molar refractivity (Wildman–Crippen MR) is 70.3 cm³/mol. The molecule has 2 rings (SSSR count). The average Bonchev–Trinajstić information content (AvgIpc) is 2.69.